The number of hydrogen-bond acceptors (Lipinski definition) is 5. The van der Waals surface area contributed by atoms with Crippen LogP contribution in [0.1, 0.15) is 16.2 Å². The predicted octanol–water partition coefficient (Wildman–Crippen LogP) is 0.794. The van der Waals surface area contributed by atoms with Crippen LogP contribution in [0.3, 0.4) is 0 Å². The van der Waals surface area contributed by atoms with Crippen molar-refractivity contribution in [2.45, 2.75) is 6.42 Å². The van der Waals surface area contributed by atoms with E-state index in [1.54, 1.807) is 27.8 Å². The molecule has 0 bridgehead atoms. The molecule has 130 valence electrons. The van der Waals surface area contributed by atoms with Crippen LogP contribution in [0, 0.1) is 5.92 Å². The molecule has 0 spiro atoms. The summed E-state index contributed by atoms with van der Waals surface area (Å²) in [5, 5.41) is 4.57. The number of carbonyl (C=O) groups excluding carboxylic acids is 1. The van der Waals surface area contributed by atoms with Gasteiger partial charge in [0.05, 0.1) is 25.2 Å². The van der Waals surface area contributed by atoms with Gasteiger partial charge >= 0.3 is 0 Å². The second kappa shape index (κ2) is 6.64. The normalized spacial score (nSPS) is 18.4. The topological polar surface area (TPSA) is 77.5 Å². The van der Waals surface area contributed by atoms with Gasteiger partial charge in [-0.25, -0.2) is 14.5 Å². The fourth-order valence-electron chi connectivity index (χ4n) is 3.13. The third kappa shape index (κ3) is 3.39. The quantitative estimate of drug-likeness (QED) is 0.705. The van der Waals surface area contributed by atoms with Crippen LogP contribution in [-0.2, 0) is 18.2 Å². The molecule has 4 rings (SSSR count). The van der Waals surface area contributed by atoms with E-state index in [0.29, 0.717) is 32.0 Å². The molecule has 1 fully saturated rings. The molecule has 1 aliphatic rings. The van der Waals surface area contributed by atoms with Gasteiger partial charge in [-0.15, -0.1) is 0 Å². The second-order valence-corrected chi connectivity index (χ2v) is 6.38. The summed E-state index contributed by atoms with van der Waals surface area (Å²) in [7, 11) is 1.86. The van der Waals surface area contributed by atoms with Crippen LogP contribution in [0.2, 0.25) is 0 Å². The standard InChI is InChI=1S/C17H20N6O2/c1-21-10-15(19-12-21)17(24)22-6-7-25-11-13(9-22)8-14-2-3-16-18-4-5-23(16)20-14/h2-5,10,12-13H,6-9,11H2,1H3/t13-/m0/s1. The minimum Gasteiger partial charge on any atom is -0.379 e. The Bertz CT molecular complexity index is 886. The lowest BCUT2D eigenvalue weighted by Gasteiger charge is -2.22. The number of nitrogens with zero attached hydrogens (tertiary/aromatic N) is 6. The Morgan fingerprint density at radius 1 is 1.36 bits per heavy atom. The van der Waals surface area contributed by atoms with E-state index in [0.717, 1.165) is 17.8 Å². The molecule has 0 aromatic carbocycles. The number of rotatable bonds is 3. The molecule has 0 N–H and O–H groups in total. The van der Waals surface area contributed by atoms with E-state index in [-0.39, 0.29) is 11.8 Å². The molecule has 25 heavy (non-hydrogen) atoms. The fraction of sp³-hybridized carbons (Fsp3) is 0.412. The molecule has 0 radical (unpaired) electrons. The summed E-state index contributed by atoms with van der Waals surface area (Å²) in [5.74, 6) is 0.151. The van der Waals surface area contributed by atoms with Crippen molar-refractivity contribution in [3.63, 3.8) is 0 Å². The van der Waals surface area contributed by atoms with Crippen molar-refractivity contribution in [2.24, 2.45) is 13.0 Å². The van der Waals surface area contributed by atoms with E-state index < -0.39 is 0 Å². The van der Waals surface area contributed by atoms with Crippen molar-refractivity contribution < 1.29 is 9.53 Å². The highest BCUT2D eigenvalue weighted by Gasteiger charge is 2.25. The molecule has 0 aliphatic carbocycles. The Hall–Kier alpha value is -2.74. The molecule has 1 aliphatic heterocycles. The van der Waals surface area contributed by atoms with Crippen molar-refractivity contribution in [3.05, 3.63) is 48.4 Å². The predicted molar refractivity (Wildman–Crippen MR) is 90.1 cm³/mol. The van der Waals surface area contributed by atoms with E-state index in [4.69, 9.17) is 4.74 Å². The van der Waals surface area contributed by atoms with Crippen molar-refractivity contribution >= 4 is 11.6 Å². The highest BCUT2D eigenvalue weighted by atomic mass is 16.5. The number of carbonyl (C=O) groups is 1. The average Bonchev–Trinajstić information content (AvgIpc) is 3.18. The lowest BCUT2D eigenvalue weighted by molar-refractivity contribution is 0.0732. The van der Waals surface area contributed by atoms with Gasteiger partial charge in [0.15, 0.2) is 5.65 Å². The number of hydrogen-bond donors (Lipinski definition) is 0. The molecule has 8 heteroatoms. The zero-order valence-corrected chi connectivity index (χ0v) is 14.1. The van der Waals surface area contributed by atoms with Crippen LogP contribution in [0.25, 0.3) is 5.65 Å². The van der Waals surface area contributed by atoms with Gasteiger partial charge in [0.1, 0.15) is 5.69 Å². The van der Waals surface area contributed by atoms with Gasteiger partial charge in [-0.2, -0.15) is 5.10 Å². The first-order chi connectivity index (χ1) is 12.2. The smallest absolute Gasteiger partial charge is 0.274 e. The Morgan fingerprint density at radius 3 is 3.12 bits per heavy atom. The lowest BCUT2D eigenvalue weighted by atomic mass is 10.0. The molecule has 1 atom stereocenters. The second-order valence-electron chi connectivity index (χ2n) is 6.38. The van der Waals surface area contributed by atoms with Gasteiger partial charge < -0.3 is 14.2 Å². The van der Waals surface area contributed by atoms with Crippen LogP contribution >= 0.6 is 0 Å². The van der Waals surface area contributed by atoms with Gasteiger partial charge in [-0.1, -0.05) is 0 Å². The third-order valence-electron chi connectivity index (χ3n) is 4.36. The highest BCUT2D eigenvalue weighted by molar-refractivity contribution is 5.92. The van der Waals surface area contributed by atoms with E-state index >= 15 is 0 Å². The molecule has 3 aromatic heterocycles. The van der Waals surface area contributed by atoms with Crippen LogP contribution < -0.4 is 0 Å². The first-order valence-corrected chi connectivity index (χ1v) is 8.33. The van der Waals surface area contributed by atoms with Crippen molar-refractivity contribution in [1.29, 1.82) is 0 Å². The molecule has 3 aromatic rings. The minimum atomic E-state index is -0.0471. The van der Waals surface area contributed by atoms with E-state index in [2.05, 4.69) is 15.1 Å². The maximum absolute atomic E-state index is 12.7. The maximum atomic E-state index is 12.7. The molecule has 0 saturated carbocycles. The summed E-state index contributed by atoms with van der Waals surface area (Å²) in [6.07, 6.45) is 7.70. The number of aromatic nitrogens is 5. The fourth-order valence-corrected chi connectivity index (χ4v) is 3.13. The van der Waals surface area contributed by atoms with E-state index in [1.807, 2.05) is 30.3 Å². The number of fused-ring (bicyclic) bond motifs is 1. The summed E-state index contributed by atoms with van der Waals surface area (Å²) in [5.41, 5.74) is 2.26. The first-order valence-electron chi connectivity index (χ1n) is 8.33. The Morgan fingerprint density at radius 2 is 2.28 bits per heavy atom. The van der Waals surface area contributed by atoms with Crippen molar-refractivity contribution in [1.82, 2.24) is 29.0 Å². The summed E-state index contributed by atoms with van der Waals surface area (Å²) in [6, 6.07) is 3.94. The Kier molecular flexibility index (Phi) is 4.19. The van der Waals surface area contributed by atoms with E-state index in [9.17, 15) is 4.79 Å². The molecule has 1 amide bonds. The largest absolute Gasteiger partial charge is 0.379 e. The summed E-state index contributed by atoms with van der Waals surface area (Å²) >= 11 is 0. The van der Waals surface area contributed by atoms with Gasteiger partial charge in [0, 0.05) is 44.6 Å². The molecular formula is C17H20N6O2. The Balaban J connectivity index is 1.48. The average molecular weight is 340 g/mol. The van der Waals surface area contributed by atoms with Gasteiger partial charge in [0.25, 0.3) is 5.91 Å². The van der Waals surface area contributed by atoms with Crippen molar-refractivity contribution in [3.8, 4) is 0 Å². The monoisotopic (exact) mass is 340 g/mol. The minimum absolute atomic E-state index is 0.0471. The number of imidazole rings is 2. The van der Waals surface area contributed by atoms with Crippen molar-refractivity contribution in [2.75, 3.05) is 26.3 Å². The Labute approximate surface area is 145 Å². The summed E-state index contributed by atoms with van der Waals surface area (Å²) < 4.78 is 9.26. The van der Waals surface area contributed by atoms with Gasteiger partial charge in [-0.05, 0) is 18.6 Å². The molecule has 4 heterocycles. The molecule has 0 unspecified atom stereocenters. The lowest BCUT2D eigenvalue weighted by Crippen LogP contribution is -2.36. The summed E-state index contributed by atoms with van der Waals surface area (Å²) in [6.45, 7) is 2.39. The molecular weight excluding hydrogens is 320 g/mol. The maximum Gasteiger partial charge on any atom is 0.274 e. The SMILES string of the molecule is Cn1cnc(C(=O)N2CCOC[C@@H](Cc3ccc4nccn4n3)C2)c1. The molecule has 1 saturated heterocycles. The van der Waals surface area contributed by atoms with E-state index in [1.165, 1.54) is 0 Å². The number of aryl methyl sites for hydroxylation is 1. The zero-order chi connectivity index (χ0) is 17.2. The van der Waals surface area contributed by atoms with Gasteiger partial charge in [0.2, 0.25) is 0 Å². The van der Waals surface area contributed by atoms with Gasteiger partial charge in [-0.3, -0.25) is 4.79 Å². The zero-order valence-electron chi connectivity index (χ0n) is 14.1. The number of amides is 1. The highest BCUT2D eigenvalue weighted by Crippen LogP contribution is 2.15. The van der Waals surface area contributed by atoms with Crippen LogP contribution in [0.15, 0.2) is 37.1 Å². The summed E-state index contributed by atoms with van der Waals surface area (Å²) in [4.78, 5) is 22.9. The molecule has 8 nitrogen and oxygen atoms in total. The van der Waals surface area contributed by atoms with Crippen LogP contribution in [0.5, 0.6) is 0 Å². The van der Waals surface area contributed by atoms with Crippen LogP contribution in [-0.4, -0.2) is 61.3 Å². The van der Waals surface area contributed by atoms with Crippen LogP contribution in [0.4, 0.5) is 0 Å². The third-order valence-corrected chi connectivity index (χ3v) is 4.36. The first kappa shape index (κ1) is 15.8. The number of ether oxygens (including phenoxy) is 1.